The summed E-state index contributed by atoms with van der Waals surface area (Å²) in [4.78, 5) is 0. The molecule has 0 heterocycles. The van der Waals surface area contributed by atoms with Crippen molar-refractivity contribution < 1.29 is 32.7 Å². The van der Waals surface area contributed by atoms with Gasteiger partial charge in [0.15, 0.2) is 0 Å². The summed E-state index contributed by atoms with van der Waals surface area (Å²) in [5.74, 6) is 0.659. The molecule has 1 aromatic carbocycles. The van der Waals surface area contributed by atoms with E-state index in [0.717, 1.165) is 6.54 Å². The second kappa shape index (κ2) is 20.6. The van der Waals surface area contributed by atoms with Crippen LogP contribution < -0.4 is 5.32 Å². The Bertz CT molecular complexity index is 232. The van der Waals surface area contributed by atoms with Crippen molar-refractivity contribution in [3.8, 4) is 0 Å². The van der Waals surface area contributed by atoms with Crippen LogP contribution in [0.4, 0.5) is 0 Å². The minimum atomic E-state index is 0. The molecular weight excluding hydrogens is 307 g/mol. The van der Waals surface area contributed by atoms with Gasteiger partial charge in [0.05, 0.1) is 0 Å². The molecule has 0 saturated heterocycles. The van der Waals surface area contributed by atoms with Crippen molar-refractivity contribution in [1.82, 2.24) is 5.32 Å². The van der Waals surface area contributed by atoms with Crippen LogP contribution in [0, 0.1) is 0 Å². The molecule has 0 fully saturated rings. The van der Waals surface area contributed by atoms with Crippen molar-refractivity contribution in [2.45, 2.75) is 68.9 Å². The Labute approximate surface area is 148 Å². The van der Waals surface area contributed by atoms with Gasteiger partial charge in [-0.1, -0.05) is 87.2 Å². The molecule has 1 rings (SSSR count). The Hall–Kier alpha value is 0.284. The Kier molecular flexibility index (Phi) is 34.3. The zero-order chi connectivity index (χ0) is 11.7. The largest absolute Gasteiger partial charge is 0.315 e. The van der Waals surface area contributed by atoms with Gasteiger partial charge in [-0.25, -0.2) is 0 Å². The quantitative estimate of drug-likeness (QED) is 0.739. The molecule has 1 N–H and O–H groups in total. The molecule has 2 heteroatoms. The molecule has 0 spiro atoms. The Morgan fingerprint density at radius 1 is 0.895 bits per heavy atom. The molecule has 0 aliphatic heterocycles. The van der Waals surface area contributed by atoms with Crippen LogP contribution in [-0.2, 0) is 32.7 Å². The number of rotatable bonds is 3. The smallest absolute Gasteiger partial charge is 0.00102 e. The minimum absolute atomic E-state index is 0. The van der Waals surface area contributed by atoms with E-state index in [4.69, 9.17) is 0 Å². The molecule has 0 unspecified atom stereocenters. The zero-order valence-electron chi connectivity index (χ0n) is 11.3. The third-order valence-corrected chi connectivity index (χ3v) is 2.08. The fraction of sp³-hybridized carbons (Fsp3) is 0.647. The summed E-state index contributed by atoms with van der Waals surface area (Å²) in [6, 6.07) is 11.2. The first-order chi connectivity index (χ1) is 7.07. The van der Waals surface area contributed by atoms with Gasteiger partial charge < -0.3 is 5.32 Å². The summed E-state index contributed by atoms with van der Waals surface area (Å²) in [6.45, 7) is 11.9. The van der Waals surface area contributed by atoms with E-state index in [0.29, 0.717) is 12.0 Å². The summed E-state index contributed by atoms with van der Waals surface area (Å²) in [6.07, 6.45) is 0. The van der Waals surface area contributed by atoms with Crippen molar-refractivity contribution in [3.05, 3.63) is 35.9 Å². The standard InChI is InChI=1S/C9H12.C5H13N.3CH4.Y/c1-8(2)9-6-4-3-5-7-9;1-4-6-5(2)3;;;;/h3-8H,1-2H3;5-6H,4H2,1-3H3;3*1H4;. The molecule has 0 saturated carbocycles. The molecule has 0 aliphatic rings. The second-order valence-corrected chi connectivity index (χ2v) is 4.28. The van der Waals surface area contributed by atoms with Crippen molar-refractivity contribution in [2.75, 3.05) is 6.54 Å². The maximum atomic E-state index is 3.21. The van der Waals surface area contributed by atoms with Crippen LogP contribution in [0.2, 0.25) is 0 Å². The van der Waals surface area contributed by atoms with Crippen molar-refractivity contribution in [1.29, 1.82) is 0 Å². The van der Waals surface area contributed by atoms with Gasteiger partial charge in [-0.3, -0.25) is 0 Å². The van der Waals surface area contributed by atoms with Gasteiger partial charge >= 0.3 is 0 Å². The molecular formula is C17H37NY. The van der Waals surface area contributed by atoms with Gasteiger partial charge in [0, 0.05) is 38.8 Å². The molecule has 0 aliphatic carbocycles. The van der Waals surface area contributed by atoms with Crippen molar-refractivity contribution in [3.63, 3.8) is 0 Å². The van der Waals surface area contributed by atoms with Gasteiger partial charge in [-0.2, -0.15) is 0 Å². The third kappa shape index (κ3) is 20.8. The van der Waals surface area contributed by atoms with E-state index >= 15 is 0 Å². The van der Waals surface area contributed by atoms with E-state index in [-0.39, 0.29) is 55.0 Å². The summed E-state index contributed by atoms with van der Waals surface area (Å²) in [5.41, 5.74) is 1.41. The van der Waals surface area contributed by atoms with Gasteiger partial charge in [0.1, 0.15) is 0 Å². The summed E-state index contributed by atoms with van der Waals surface area (Å²) in [5, 5.41) is 3.21. The topological polar surface area (TPSA) is 12.0 Å². The van der Waals surface area contributed by atoms with Crippen molar-refractivity contribution in [2.24, 2.45) is 0 Å². The van der Waals surface area contributed by atoms with E-state index in [2.05, 4.69) is 64.2 Å². The van der Waals surface area contributed by atoms with Crippen LogP contribution >= 0.6 is 0 Å². The molecule has 0 aromatic heterocycles. The van der Waals surface area contributed by atoms with Gasteiger partial charge in [0.25, 0.3) is 0 Å². The predicted octanol–water partition coefficient (Wildman–Crippen LogP) is 5.72. The zero-order valence-corrected chi connectivity index (χ0v) is 14.2. The fourth-order valence-electron chi connectivity index (χ4n) is 1.25. The minimum Gasteiger partial charge on any atom is -0.315 e. The summed E-state index contributed by atoms with van der Waals surface area (Å²) < 4.78 is 0. The maximum absolute atomic E-state index is 3.21. The number of hydrogen-bond donors (Lipinski definition) is 1. The Morgan fingerprint density at radius 2 is 1.32 bits per heavy atom. The van der Waals surface area contributed by atoms with E-state index in [9.17, 15) is 0 Å². The van der Waals surface area contributed by atoms with Crippen LogP contribution in [-0.4, -0.2) is 12.6 Å². The van der Waals surface area contributed by atoms with E-state index in [1.165, 1.54) is 5.56 Å². The monoisotopic (exact) mass is 344 g/mol. The molecule has 0 amide bonds. The van der Waals surface area contributed by atoms with Crippen LogP contribution in [0.3, 0.4) is 0 Å². The number of nitrogens with one attached hydrogen (secondary N) is 1. The Balaban J connectivity index is -0.0000000599. The first kappa shape index (κ1) is 31.6. The van der Waals surface area contributed by atoms with Crippen LogP contribution in [0.1, 0.15) is 68.4 Å². The molecule has 113 valence electrons. The normalized spacial score (nSPS) is 7.95. The third-order valence-electron chi connectivity index (χ3n) is 2.08. The second-order valence-electron chi connectivity index (χ2n) is 4.28. The molecule has 1 aromatic rings. The van der Waals surface area contributed by atoms with Gasteiger partial charge in [0.2, 0.25) is 0 Å². The molecule has 0 bridgehead atoms. The van der Waals surface area contributed by atoms with E-state index in [1.807, 2.05) is 6.07 Å². The predicted molar refractivity (Wildman–Crippen MR) is 89.5 cm³/mol. The summed E-state index contributed by atoms with van der Waals surface area (Å²) >= 11 is 0. The van der Waals surface area contributed by atoms with Crippen LogP contribution in [0.5, 0.6) is 0 Å². The average Bonchev–Trinajstić information content (AvgIpc) is 2.20. The van der Waals surface area contributed by atoms with Gasteiger partial charge in [-0.05, 0) is 18.0 Å². The first-order valence-corrected chi connectivity index (χ1v) is 5.86. The molecule has 19 heavy (non-hydrogen) atoms. The number of benzene rings is 1. The molecule has 1 nitrogen and oxygen atoms in total. The number of hydrogen-bond acceptors (Lipinski definition) is 1. The molecule has 0 atom stereocenters. The molecule has 1 radical (unpaired) electrons. The fourth-order valence-corrected chi connectivity index (χ4v) is 1.25. The van der Waals surface area contributed by atoms with Gasteiger partial charge in [-0.15, -0.1) is 0 Å². The summed E-state index contributed by atoms with van der Waals surface area (Å²) in [7, 11) is 0. The SMILES string of the molecule is C.C.C.CC(C)c1ccccc1.CCNC(C)C.[Y]. The Morgan fingerprint density at radius 3 is 1.47 bits per heavy atom. The first-order valence-electron chi connectivity index (χ1n) is 5.86. The van der Waals surface area contributed by atoms with E-state index < -0.39 is 0 Å². The van der Waals surface area contributed by atoms with Crippen LogP contribution in [0.25, 0.3) is 0 Å². The van der Waals surface area contributed by atoms with Crippen LogP contribution in [0.15, 0.2) is 30.3 Å². The average molecular weight is 344 g/mol. The van der Waals surface area contributed by atoms with E-state index in [1.54, 1.807) is 0 Å². The van der Waals surface area contributed by atoms with Crippen molar-refractivity contribution >= 4 is 0 Å². The maximum Gasteiger partial charge on any atom is 0.00102 e.